The molecule has 4 nitrogen and oxygen atoms in total. The fourth-order valence-electron chi connectivity index (χ4n) is 3.17. The Bertz CT molecular complexity index is 986. The molecule has 2 aromatic heterocycles. The third-order valence-corrected chi connectivity index (χ3v) is 4.20. The van der Waals surface area contributed by atoms with E-state index >= 15 is 0 Å². The van der Waals surface area contributed by atoms with Crippen molar-refractivity contribution in [2.75, 3.05) is 0 Å². The number of H-pyrrole nitrogens is 2. The Morgan fingerprint density at radius 2 is 2.05 bits per heavy atom. The van der Waals surface area contributed by atoms with Crippen LogP contribution in [-0.4, -0.2) is 9.97 Å². The summed E-state index contributed by atoms with van der Waals surface area (Å²) >= 11 is 0. The van der Waals surface area contributed by atoms with E-state index in [-0.39, 0.29) is 11.1 Å². The minimum Gasteiger partial charge on any atom is -0.354 e. The van der Waals surface area contributed by atoms with Crippen molar-refractivity contribution in [3.63, 3.8) is 0 Å². The molecule has 0 bridgehead atoms. The highest BCUT2D eigenvalue weighted by atomic mass is 16.1. The van der Waals surface area contributed by atoms with Crippen molar-refractivity contribution in [2.24, 2.45) is 0 Å². The second-order valence-electron chi connectivity index (χ2n) is 5.54. The van der Waals surface area contributed by atoms with Crippen molar-refractivity contribution in [1.29, 1.82) is 5.26 Å². The predicted molar refractivity (Wildman–Crippen MR) is 81.2 cm³/mol. The van der Waals surface area contributed by atoms with Gasteiger partial charge in [-0.15, -0.1) is 0 Å². The van der Waals surface area contributed by atoms with Crippen LogP contribution in [0.15, 0.2) is 29.1 Å². The number of pyridine rings is 1. The van der Waals surface area contributed by atoms with Gasteiger partial charge in [-0.3, -0.25) is 4.79 Å². The number of hydrogen-bond acceptors (Lipinski definition) is 2. The molecule has 0 fully saturated rings. The van der Waals surface area contributed by atoms with Gasteiger partial charge in [0.05, 0.1) is 5.69 Å². The third-order valence-electron chi connectivity index (χ3n) is 4.20. The molecule has 0 aliphatic heterocycles. The molecule has 0 saturated heterocycles. The molecule has 0 atom stereocenters. The van der Waals surface area contributed by atoms with Gasteiger partial charge in [0.1, 0.15) is 11.6 Å². The zero-order chi connectivity index (χ0) is 14.6. The number of nitriles is 1. The molecular formula is C17H13N3O. The number of fused-ring (bicyclic) bond motifs is 5. The van der Waals surface area contributed by atoms with Gasteiger partial charge in [0.2, 0.25) is 0 Å². The lowest BCUT2D eigenvalue weighted by Gasteiger charge is -2.16. The molecule has 4 rings (SSSR count). The SMILES string of the molecule is Cc1ccc2[nH]c3c(c2c1)CCc1[nH]c(=O)c(C#N)cc1-3. The maximum Gasteiger partial charge on any atom is 0.266 e. The number of benzene rings is 1. The Hall–Kier alpha value is -2.80. The molecule has 2 heterocycles. The highest BCUT2D eigenvalue weighted by Gasteiger charge is 2.22. The standard InChI is InChI=1S/C17H13N3O/c1-9-2-4-14-12(6-9)11-3-5-15-13(16(11)19-14)7-10(8-18)17(21)20-15/h2,4,6-7,19H,3,5H2,1H3,(H,20,21). The van der Waals surface area contributed by atoms with E-state index in [1.165, 1.54) is 16.5 Å². The summed E-state index contributed by atoms with van der Waals surface area (Å²) in [6.45, 7) is 2.08. The molecule has 3 aromatic rings. The Balaban J connectivity index is 2.07. The average molecular weight is 275 g/mol. The first kappa shape index (κ1) is 12.0. The molecule has 1 aliphatic carbocycles. The lowest BCUT2D eigenvalue weighted by Crippen LogP contribution is -2.16. The number of rotatable bonds is 0. The van der Waals surface area contributed by atoms with Crippen LogP contribution in [-0.2, 0) is 12.8 Å². The van der Waals surface area contributed by atoms with E-state index in [4.69, 9.17) is 5.26 Å². The Kier molecular flexibility index (Phi) is 2.34. The number of aryl methyl sites for hydroxylation is 3. The van der Waals surface area contributed by atoms with Crippen LogP contribution in [0, 0.1) is 18.3 Å². The van der Waals surface area contributed by atoms with Gasteiger partial charge in [-0.05, 0) is 43.5 Å². The molecule has 0 radical (unpaired) electrons. The van der Waals surface area contributed by atoms with Crippen molar-refractivity contribution in [3.05, 3.63) is 57.0 Å². The van der Waals surface area contributed by atoms with Crippen molar-refractivity contribution in [3.8, 4) is 17.3 Å². The largest absolute Gasteiger partial charge is 0.354 e. The average Bonchev–Trinajstić information content (AvgIpc) is 2.84. The Labute approximate surface area is 121 Å². The maximum absolute atomic E-state index is 11.8. The minimum absolute atomic E-state index is 0.163. The van der Waals surface area contributed by atoms with Gasteiger partial charge in [-0.2, -0.15) is 5.26 Å². The molecule has 1 aromatic carbocycles. The molecule has 0 amide bonds. The number of nitrogens with one attached hydrogen (secondary N) is 2. The highest BCUT2D eigenvalue weighted by Crippen LogP contribution is 2.36. The molecule has 0 saturated carbocycles. The van der Waals surface area contributed by atoms with E-state index < -0.39 is 0 Å². The zero-order valence-corrected chi connectivity index (χ0v) is 11.6. The van der Waals surface area contributed by atoms with Gasteiger partial charge in [0.25, 0.3) is 5.56 Å². The van der Waals surface area contributed by atoms with Crippen molar-refractivity contribution >= 4 is 10.9 Å². The molecule has 0 unspecified atom stereocenters. The van der Waals surface area contributed by atoms with Gasteiger partial charge in [0, 0.05) is 22.2 Å². The summed E-state index contributed by atoms with van der Waals surface area (Å²) in [6.07, 6.45) is 1.69. The van der Waals surface area contributed by atoms with Crippen LogP contribution in [0.1, 0.15) is 22.4 Å². The van der Waals surface area contributed by atoms with Crippen molar-refractivity contribution in [1.82, 2.24) is 9.97 Å². The van der Waals surface area contributed by atoms with Crippen LogP contribution in [0.25, 0.3) is 22.2 Å². The number of aromatic nitrogens is 2. The maximum atomic E-state index is 11.8. The summed E-state index contributed by atoms with van der Waals surface area (Å²) in [6, 6.07) is 10.0. The first-order valence-corrected chi connectivity index (χ1v) is 6.95. The molecule has 21 heavy (non-hydrogen) atoms. The van der Waals surface area contributed by atoms with E-state index in [9.17, 15) is 4.79 Å². The number of hydrogen-bond donors (Lipinski definition) is 2. The monoisotopic (exact) mass is 275 g/mol. The van der Waals surface area contributed by atoms with Gasteiger partial charge >= 0.3 is 0 Å². The van der Waals surface area contributed by atoms with E-state index in [0.29, 0.717) is 0 Å². The molecule has 4 heteroatoms. The van der Waals surface area contributed by atoms with Gasteiger partial charge in [-0.25, -0.2) is 0 Å². The van der Waals surface area contributed by atoms with Crippen LogP contribution >= 0.6 is 0 Å². The highest BCUT2D eigenvalue weighted by molar-refractivity contribution is 5.92. The Morgan fingerprint density at radius 3 is 2.86 bits per heavy atom. The Morgan fingerprint density at radius 1 is 1.19 bits per heavy atom. The van der Waals surface area contributed by atoms with Gasteiger partial charge in [0.15, 0.2) is 0 Å². The van der Waals surface area contributed by atoms with Crippen LogP contribution in [0.4, 0.5) is 0 Å². The van der Waals surface area contributed by atoms with Crippen LogP contribution < -0.4 is 5.56 Å². The zero-order valence-electron chi connectivity index (χ0n) is 11.6. The van der Waals surface area contributed by atoms with E-state index in [1.807, 2.05) is 6.07 Å². The fraction of sp³-hybridized carbons (Fsp3) is 0.176. The first-order chi connectivity index (χ1) is 10.2. The van der Waals surface area contributed by atoms with E-state index in [1.54, 1.807) is 6.07 Å². The quantitative estimate of drug-likeness (QED) is 0.662. The normalized spacial score (nSPS) is 12.8. The summed E-state index contributed by atoms with van der Waals surface area (Å²) in [5.74, 6) is 0. The summed E-state index contributed by atoms with van der Waals surface area (Å²) in [4.78, 5) is 18.0. The van der Waals surface area contributed by atoms with E-state index in [0.717, 1.165) is 35.3 Å². The fourth-order valence-corrected chi connectivity index (χ4v) is 3.17. The third kappa shape index (κ3) is 1.64. The second kappa shape index (κ2) is 4.10. The van der Waals surface area contributed by atoms with Crippen LogP contribution in [0.2, 0.25) is 0 Å². The van der Waals surface area contributed by atoms with Crippen molar-refractivity contribution < 1.29 is 0 Å². The summed E-state index contributed by atoms with van der Waals surface area (Å²) in [5.41, 5.74) is 6.36. The van der Waals surface area contributed by atoms with Crippen LogP contribution in [0.5, 0.6) is 0 Å². The van der Waals surface area contributed by atoms with Gasteiger partial charge < -0.3 is 9.97 Å². The predicted octanol–water partition coefficient (Wildman–Crippen LogP) is 2.80. The van der Waals surface area contributed by atoms with Crippen molar-refractivity contribution in [2.45, 2.75) is 19.8 Å². The lowest BCUT2D eigenvalue weighted by atomic mass is 9.91. The molecule has 2 N–H and O–H groups in total. The number of nitrogens with zero attached hydrogens (tertiary/aromatic N) is 1. The molecule has 0 spiro atoms. The summed E-state index contributed by atoms with van der Waals surface area (Å²) in [7, 11) is 0. The van der Waals surface area contributed by atoms with Gasteiger partial charge in [-0.1, -0.05) is 11.6 Å². The molecular weight excluding hydrogens is 262 g/mol. The minimum atomic E-state index is -0.299. The molecule has 1 aliphatic rings. The molecule has 102 valence electrons. The van der Waals surface area contributed by atoms with Crippen LogP contribution in [0.3, 0.4) is 0 Å². The number of aromatic amines is 2. The first-order valence-electron chi connectivity index (χ1n) is 6.95. The lowest BCUT2D eigenvalue weighted by molar-refractivity contribution is 0.889. The smallest absolute Gasteiger partial charge is 0.266 e. The van der Waals surface area contributed by atoms with E-state index in [2.05, 4.69) is 35.1 Å². The second-order valence-corrected chi connectivity index (χ2v) is 5.54. The summed E-state index contributed by atoms with van der Waals surface area (Å²) < 4.78 is 0. The topological polar surface area (TPSA) is 72.4 Å². The summed E-state index contributed by atoms with van der Waals surface area (Å²) in [5, 5.41) is 10.3.